The number of benzene rings is 12. The summed E-state index contributed by atoms with van der Waals surface area (Å²) < 4.78 is 467. The van der Waals surface area contributed by atoms with Crippen molar-refractivity contribution < 1.29 is 67.2 Å². The highest BCUT2D eigenvalue weighted by Crippen LogP contribution is 2.59. The molecule has 1 heteroatoms. The summed E-state index contributed by atoms with van der Waals surface area (Å²) in [6.07, 6.45) is 0. The first kappa shape index (κ1) is 15.8. The van der Waals surface area contributed by atoms with E-state index in [9.17, 15) is 38.4 Å². The molecule has 0 aromatic heterocycles. The van der Waals surface area contributed by atoms with Gasteiger partial charge in [0, 0.05) is 17.1 Å². The normalized spacial score (nSPS) is 22.8. The average Bonchev–Trinajstić information content (AvgIpc) is 1.49. The zero-order valence-corrected chi connectivity index (χ0v) is 36.4. The van der Waals surface area contributed by atoms with Crippen molar-refractivity contribution in [2.24, 2.45) is 0 Å². The summed E-state index contributed by atoms with van der Waals surface area (Å²) in [6.45, 7) is 0. The standard InChI is InChI=1S/C72H49N/c1-6-23-53(24-7-1)71(54-25-8-2-9-26-54)66-36-20-18-34-62(66)64-46-41-52(48-68(64)71)70-60-33-17-16-22-50(60)40-45-61(70)51-38-42-58(43-39-51)73(57-31-14-5-15-32-57)59-44-47-65-63-35-19-21-37-67(63)72(69(65)49-59,55-27-10-3-11-28-55)56-29-12-4-13-30-56/h1-49H/i1D,2D,3D,4D,5D,6D,7D,8D,9D,10D,11D,12D,13D,14D,15D,16D,17D,18D,19D,20D,21D,22D,23D,24D,25D,26D,27D,28D,29D,30D,31D,32D,33D,34D,35D,36D,37D,38D,39D,40D,41D,42D,43D,44D,45D,46D,47D,48D,49D. The summed E-state index contributed by atoms with van der Waals surface area (Å²) in [5.74, 6) is 0. The van der Waals surface area contributed by atoms with E-state index in [-0.39, 0.29) is 4.90 Å². The van der Waals surface area contributed by atoms with Gasteiger partial charge in [0.15, 0.2) is 0 Å². The molecule has 0 saturated carbocycles. The molecule has 73 heavy (non-hydrogen) atoms. The van der Waals surface area contributed by atoms with Crippen LogP contribution in [0.3, 0.4) is 0 Å². The number of para-hydroxylation sites is 1. The highest BCUT2D eigenvalue weighted by molar-refractivity contribution is 6.05. The Labute approximate surface area is 496 Å². The van der Waals surface area contributed by atoms with Crippen LogP contribution in [0.4, 0.5) is 17.1 Å². The van der Waals surface area contributed by atoms with Gasteiger partial charge in [-0.2, -0.15) is 0 Å². The molecule has 1 nitrogen and oxygen atoms in total. The van der Waals surface area contributed by atoms with E-state index in [0.29, 0.717) is 0 Å². The topological polar surface area (TPSA) is 3.24 Å². The first-order valence-corrected chi connectivity index (χ1v) is 21.4. The van der Waals surface area contributed by atoms with E-state index in [1.807, 2.05) is 0 Å². The molecule has 0 saturated heterocycles. The fraction of sp³-hybridized carbons (Fsp3) is 0.0278. The molecule has 2 aliphatic carbocycles. The maximum atomic E-state index is 10.9. The Morgan fingerprint density at radius 1 is 0.260 bits per heavy atom. The summed E-state index contributed by atoms with van der Waals surface area (Å²) in [4.78, 5) is 0.0626. The monoisotopic (exact) mass is 977 g/mol. The SMILES string of the molecule is [2H]c1c([2H])c([2H])c(N(c2c([2H])c([2H])c(-c3c([2H])c([2H])c4c([2H])c([2H])c([2H])c([2H])c4c3-c3c([2H])c([2H])c4c(c3[2H])C(c3c([2H])c([2H])c([2H])c([2H])c3[2H])(c3c([2H])c([2H])c([2H])c([2H])c3[2H])c3c([2H])c([2H])c([2H])c([2H])c3-4)c([2H])c2[2H])c2c([2H])c([2H])c3c(c2[2H])C(c2c([2H])c([2H])c([2H])c([2H])c2[2H])(c2c([2H])c([2H])c([2H])c([2H])c2[2H])c2c([2H])c([2H])c([2H])c([2H])c2-3)c([2H])c1[2H]. The summed E-state index contributed by atoms with van der Waals surface area (Å²) in [6, 6.07) is -66.9. The van der Waals surface area contributed by atoms with Gasteiger partial charge in [-0.15, -0.1) is 0 Å². The largest absolute Gasteiger partial charge is 0.310 e. The van der Waals surface area contributed by atoms with E-state index in [2.05, 4.69) is 0 Å². The highest BCUT2D eigenvalue weighted by atomic mass is 15.1. The fourth-order valence-electron chi connectivity index (χ4n) is 9.37. The molecule has 342 valence electrons. The van der Waals surface area contributed by atoms with Gasteiger partial charge in [0.05, 0.1) is 78.0 Å². The first-order chi connectivity index (χ1) is 56.6. The molecule has 0 spiro atoms. The van der Waals surface area contributed by atoms with Crippen molar-refractivity contribution in [2.45, 2.75) is 10.8 Å². The summed E-state index contributed by atoms with van der Waals surface area (Å²) in [5.41, 5.74) is -31.5. The number of fused-ring (bicyclic) bond motifs is 7. The van der Waals surface area contributed by atoms with Crippen LogP contribution in [-0.2, 0) is 10.8 Å². The molecular weight excluding hydrogens is 879 g/mol. The third-order valence-electron chi connectivity index (χ3n) is 12.3. The van der Waals surface area contributed by atoms with Crippen LogP contribution in [0.1, 0.15) is 112 Å². The zero-order valence-electron chi connectivity index (χ0n) is 85.4. The number of hydrogen-bond acceptors (Lipinski definition) is 1. The third-order valence-corrected chi connectivity index (χ3v) is 12.3. The second-order valence-corrected chi connectivity index (χ2v) is 15.8. The summed E-state index contributed by atoms with van der Waals surface area (Å²) in [7, 11) is 0. The molecule has 14 rings (SSSR count). The Bertz CT molecular complexity index is 6690. The lowest BCUT2D eigenvalue weighted by molar-refractivity contribution is 0.768. The minimum atomic E-state index is -3.65. The van der Waals surface area contributed by atoms with Gasteiger partial charge < -0.3 is 4.90 Å². The molecule has 0 amide bonds. The number of hydrogen-bond donors (Lipinski definition) is 0. The van der Waals surface area contributed by atoms with Crippen LogP contribution in [0.25, 0.3) is 55.3 Å². The molecule has 0 atom stereocenters. The maximum Gasteiger partial charge on any atom is 0.0714 e. The van der Waals surface area contributed by atoms with Crippen LogP contribution in [0.5, 0.6) is 0 Å². The average molecular weight is 977 g/mol. The van der Waals surface area contributed by atoms with Gasteiger partial charge in [0.25, 0.3) is 0 Å². The van der Waals surface area contributed by atoms with Crippen molar-refractivity contribution in [1.82, 2.24) is 0 Å². The molecule has 0 unspecified atom stereocenters. The van der Waals surface area contributed by atoms with Gasteiger partial charge in [-0.3, -0.25) is 0 Å². The highest BCUT2D eigenvalue weighted by Gasteiger charge is 2.47. The quantitative estimate of drug-likeness (QED) is 0.139. The van der Waals surface area contributed by atoms with Crippen LogP contribution in [0.15, 0.2) is 296 Å². The smallest absolute Gasteiger partial charge is 0.0714 e. The first-order valence-electron chi connectivity index (χ1n) is 45.9. The molecule has 0 aliphatic heterocycles. The lowest BCUT2D eigenvalue weighted by atomic mass is 9.67. The fourth-order valence-corrected chi connectivity index (χ4v) is 9.37. The third kappa shape index (κ3) is 6.49. The van der Waals surface area contributed by atoms with Gasteiger partial charge in [0.1, 0.15) is 0 Å². The summed E-state index contributed by atoms with van der Waals surface area (Å²) in [5, 5.41) is -2.23. The molecular formula is C72H49N. The van der Waals surface area contributed by atoms with Crippen LogP contribution in [-0.4, -0.2) is 0 Å². The maximum absolute atomic E-state index is 10.9. The van der Waals surface area contributed by atoms with E-state index < -0.39 is 424 Å². The number of anilines is 3. The van der Waals surface area contributed by atoms with Crippen molar-refractivity contribution in [3.05, 3.63) is 341 Å². The van der Waals surface area contributed by atoms with Crippen LogP contribution < -0.4 is 4.90 Å². The van der Waals surface area contributed by atoms with Crippen LogP contribution in [0.2, 0.25) is 0 Å². The van der Waals surface area contributed by atoms with Gasteiger partial charge >= 0.3 is 0 Å². The van der Waals surface area contributed by atoms with Crippen molar-refractivity contribution in [3.8, 4) is 44.5 Å². The van der Waals surface area contributed by atoms with Crippen LogP contribution >= 0.6 is 0 Å². The van der Waals surface area contributed by atoms with E-state index in [1.165, 1.54) is 0 Å². The lowest BCUT2D eigenvalue weighted by Gasteiger charge is -2.35. The Morgan fingerprint density at radius 3 is 1.19 bits per heavy atom. The molecule has 2 aliphatic rings. The van der Waals surface area contributed by atoms with E-state index in [4.69, 9.17) is 28.8 Å². The van der Waals surface area contributed by atoms with Gasteiger partial charge in [-0.05, 0) is 142 Å². The Balaban J connectivity index is 1.22. The molecule has 0 radical (unpaired) electrons. The van der Waals surface area contributed by atoms with Crippen molar-refractivity contribution in [1.29, 1.82) is 0 Å². The Morgan fingerprint density at radius 2 is 0.644 bits per heavy atom. The molecule has 0 bridgehead atoms. The molecule has 0 fully saturated rings. The number of rotatable bonds is 9. The second-order valence-electron chi connectivity index (χ2n) is 15.8. The van der Waals surface area contributed by atoms with Crippen LogP contribution in [0, 0.1) is 0 Å². The molecule has 12 aromatic carbocycles. The minimum absolute atomic E-state index is 0.0626. The van der Waals surface area contributed by atoms with E-state index in [1.54, 1.807) is 0 Å². The van der Waals surface area contributed by atoms with Crippen molar-refractivity contribution >= 4 is 27.8 Å². The van der Waals surface area contributed by atoms with Gasteiger partial charge in [0.2, 0.25) is 0 Å². The van der Waals surface area contributed by atoms with Gasteiger partial charge in [-0.1, -0.05) is 254 Å². The van der Waals surface area contributed by atoms with E-state index in [0.717, 1.165) is 0 Å². The van der Waals surface area contributed by atoms with Crippen molar-refractivity contribution in [3.63, 3.8) is 0 Å². The van der Waals surface area contributed by atoms with Gasteiger partial charge in [-0.25, -0.2) is 0 Å². The zero-order chi connectivity index (χ0) is 91.0. The minimum Gasteiger partial charge on any atom is -0.310 e. The van der Waals surface area contributed by atoms with Crippen molar-refractivity contribution in [2.75, 3.05) is 4.90 Å². The van der Waals surface area contributed by atoms with E-state index >= 15 is 0 Å². The number of nitrogens with zero attached hydrogens (tertiary/aromatic N) is 1. The second kappa shape index (κ2) is 17.2. The molecule has 0 N–H and O–H groups in total. The summed E-state index contributed by atoms with van der Waals surface area (Å²) >= 11 is 0. The Hall–Kier alpha value is -9.30. The lowest BCUT2D eigenvalue weighted by Crippen LogP contribution is -2.28. The molecule has 12 aromatic rings. The molecule has 0 heterocycles. The predicted molar refractivity (Wildman–Crippen MR) is 304 cm³/mol. The predicted octanol–water partition coefficient (Wildman–Crippen LogP) is 18.4. The Kier molecular flexibility index (Phi) is 3.74.